The third-order valence-corrected chi connectivity index (χ3v) is 4.31. The molecule has 0 saturated heterocycles. The number of nitrogens with one attached hydrogen (secondary N) is 1. The minimum atomic E-state index is -0.651. The van der Waals surface area contributed by atoms with Crippen molar-refractivity contribution in [3.8, 4) is 5.75 Å². The summed E-state index contributed by atoms with van der Waals surface area (Å²) in [7, 11) is 0. The summed E-state index contributed by atoms with van der Waals surface area (Å²) in [5.74, 6) is 0.127. The molecule has 0 aliphatic rings. The molecule has 0 bridgehead atoms. The van der Waals surface area contributed by atoms with Gasteiger partial charge in [-0.2, -0.15) is 0 Å². The first-order valence-electron chi connectivity index (χ1n) is 7.50. The molecule has 0 aliphatic heterocycles. The van der Waals surface area contributed by atoms with Gasteiger partial charge in [-0.15, -0.1) is 11.8 Å². The van der Waals surface area contributed by atoms with Gasteiger partial charge in [-0.3, -0.25) is 9.59 Å². The van der Waals surface area contributed by atoms with Crippen LogP contribution in [-0.2, 0) is 9.59 Å². The van der Waals surface area contributed by atoms with Gasteiger partial charge in [-0.05, 0) is 38.1 Å². The normalized spacial score (nSPS) is 11.6. The number of nitrogens with two attached hydrogens (primary N) is 1. The van der Waals surface area contributed by atoms with Gasteiger partial charge in [0.2, 0.25) is 5.91 Å². The number of amides is 2. The minimum Gasteiger partial charge on any atom is -0.481 e. The van der Waals surface area contributed by atoms with E-state index in [4.69, 9.17) is 10.5 Å². The standard InChI is InChI=1S/C18H20N2O3S/c1-12-7-9-14(10-8-12)23-13(2)18(22)20-15-5-3-4-6-16(15)24-11-17(19)21/h3-10,13H,11H2,1-2H3,(H2,19,21)(H,20,22)/t13-/m1/s1. The molecule has 2 amide bonds. The van der Waals surface area contributed by atoms with E-state index < -0.39 is 12.0 Å². The SMILES string of the molecule is Cc1ccc(O[C@H](C)C(=O)Nc2ccccc2SCC(N)=O)cc1. The van der Waals surface area contributed by atoms with Gasteiger partial charge in [-0.25, -0.2) is 0 Å². The lowest BCUT2D eigenvalue weighted by Gasteiger charge is -2.16. The Morgan fingerprint density at radius 2 is 1.83 bits per heavy atom. The highest BCUT2D eigenvalue weighted by Gasteiger charge is 2.16. The molecule has 0 fully saturated rings. The zero-order valence-corrected chi connectivity index (χ0v) is 14.4. The predicted molar refractivity (Wildman–Crippen MR) is 96.3 cm³/mol. The summed E-state index contributed by atoms with van der Waals surface area (Å²) in [5.41, 5.74) is 6.93. The van der Waals surface area contributed by atoms with Gasteiger partial charge >= 0.3 is 0 Å². The molecular formula is C18H20N2O3S. The Morgan fingerprint density at radius 1 is 1.17 bits per heavy atom. The third-order valence-electron chi connectivity index (χ3n) is 3.22. The summed E-state index contributed by atoms with van der Waals surface area (Å²) in [4.78, 5) is 24.1. The topological polar surface area (TPSA) is 81.4 Å². The zero-order chi connectivity index (χ0) is 17.5. The molecule has 2 aromatic carbocycles. The van der Waals surface area contributed by atoms with Crippen LogP contribution in [0.2, 0.25) is 0 Å². The average molecular weight is 344 g/mol. The van der Waals surface area contributed by atoms with Gasteiger partial charge in [0.25, 0.3) is 5.91 Å². The van der Waals surface area contributed by atoms with E-state index in [1.54, 1.807) is 13.0 Å². The highest BCUT2D eigenvalue weighted by molar-refractivity contribution is 8.00. The Kier molecular flexibility index (Phi) is 6.26. The van der Waals surface area contributed by atoms with E-state index in [1.165, 1.54) is 11.8 Å². The van der Waals surface area contributed by atoms with Crippen LogP contribution in [0.5, 0.6) is 5.75 Å². The summed E-state index contributed by atoms with van der Waals surface area (Å²) in [5, 5.41) is 2.83. The van der Waals surface area contributed by atoms with Crippen LogP contribution in [-0.4, -0.2) is 23.7 Å². The molecule has 1 atom stereocenters. The van der Waals surface area contributed by atoms with E-state index in [1.807, 2.05) is 49.4 Å². The Bertz CT molecular complexity index is 716. The molecule has 0 unspecified atom stereocenters. The maximum Gasteiger partial charge on any atom is 0.265 e. The second kappa shape index (κ2) is 8.40. The van der Waals surface area contributed by atoms with Crippen LogP contribution in [0.1, 0.15) is 12.5 Å². The van der Waals surface area contributed by atoms with E-state index in [0.29, 0.717) is 11.4 Å². The molecule has 0 aromatic heterocycles. The van der Waals surface area contributed by atoms with Crippen molar-refractivity contribution >= 4 is 29.3 Å². The molecule has 6 heteroatoms. The summed E-state index contributed by atoms with van der Waals surface area (Å²) in [6.45, 7) is 3.68. The number of rotatable bonds is 7. The van der Waals surface area contributed by atoms with Crippen LogP contribution >= 0.6 is 11.8 Å². The molecule has 0 heterocycles. The number of hydrogen-bond acceptors (Lipinski definition) is 4. The first-order chi connectivity index (χ1) is 11.5. The van der Waals surface area contributed by atoms with E-state index in [2.05, 4.69) is 5.32 Å². The summed E-state index contributed by atoms with van der Waals surface area (Å²) in [6, 6.07) is 14.8. The number of anilines is 1. The minimum absolute atomic E-state index is 0.155. The first kappa shape index (κ1) is 17.9. The lowest BCUT2D eigenvalue weighted by molar-refractivity contribution is -0.122. The van der Waals surface area contributed by atoms with Crippen molar-refractivity contribution in [2.75, 3.05) is 11.1 Å². The van der Waals surface area contributed by atoms with Crippen molar-refractivity contribution in [2.24, 2.45) is 5.73 Å². The second-order valence-corrected chi connectivity index (χ2v) is 6.33. The Hall–Kier alpha value is -2.47. The van der Waals surface area contributed by atoms with Gasteiger partial charge in [0.05, 0.1) is 11.4 Å². The van der Waals surface area contributed by atoms with Crippen LogP contribution in [0.3, 0.4) is 0 Å². The van der Waals surface area contributed by atoms with Crippen molar-refractivity contribution in [3.63, 3.8) is 0 Å². The van der Waals surface area contributed by atoms with Crippen LogP contribution in [0, 0.1) is 6.92 Å². The maximum absolute atomic E-state index is 12.3. The highest BCUT2D eigenvalue weighted by Crippen LogP contribution is 2.27. The number of para-hydroxylation sites is 1. The lowest BCUT2D eigenvalue weighted by Crippen LogP contribution is -2.30. The van der Waals surface area contributed by atoms with Gasteiger partial charge in [0.1, 0.15) is 5.75 Å². The van der Waals surface area contributed by atoms with E-state index in [0.717, 1.165) is 10.5 Å². The molecule has 0 saturated carbocycles. The number of benzene rings is 2. The molecule has 2 aromatic rings. The number of aryl methyl sites for hydroxylation is 1. The Balaban J connectivity index is 2.00. The summed E-state index contributed by atoms with van der Waals surface area (Å²) < 4.78 is 5.65. The Labute approximate surface area is 145 Å². The van der Waals surface area contributed by atoms with Crippen molar-refractivity contribution < 1.29 is 14.3 Å². The van der Waals surface area contributed by atoms with Crippen molar-refractivity contribution in [3.05, 3.63) is 54.1 Å². The summed E-state index contributed by atoms with van der Waals surface area (Å²) in [6.07, 6.45) is -0.651. The Morgan fingerprint density at radius 3 is 2.50 bits per heavy atom. The van der Waals surface area contributed by atoms with Gasteiger partial charge in [0.15, 0.2) is 6.10 Å². The fraction of sp³-hybridized carbons (Fsp3) is 0.222. The van der Waals surface area contributed by atoms with Crippen molar-refractivity contribution in [2.45, 2.75) is 24.8 Å². The fourth-order valence-electron chi connectivity index (χ4n) is 1.95. The van der Waals surface area contributed by atoms with Crippen LogP contribution in [0.25, 0.3) is 0 Å². The largest absolute Gasteiger partial charge is 0.481 e. The highest BCUT2D eigenvalue weighted by atomic mass is 32.2. The quantitative estimate of drug-likeness (QED) is 0.757. The number of primary amides is 1. The van der Waals surface area contributed by atoms with Crippen molar-refractivity contribution in [1.29, 1.82) is 0 Å². The molecule has 3 N–H and O–H groups in total. The molecule has 2 rings (SSSR count). The van der Waals surface area contributed by atoms with Crippen molar-refractivity contribution in [1.82, 2.24) is 0 Å². The van der Waals surface area contributed by atoms with Gasteiger partial charge in [0, 0.05) is 4.90 Å². The number of carbonyl (C=O) groups is 2. The molecular weight excluding hydrogens is 324 g/mol. The molecule has 5 nitrogen and oxygen atoms in total. The number of thioether (sulfide) groups is 1. The zero-order valence-electron chi connectivity index (χ0n) is 13.6. The van der Waals surface area contributed by atoms with Crippen LogP contribution < -0.4 is 15.8 Å². The maximum atomic E-state index is 12.3. The monoisotopic (exact) mass is 344 g/mol. The summed E-state index contributed by atoms with van der Waals surface area (Å²) >= 11 is 1.28. The number of ether oxygens (including phenoxy) is 1. The van der Waals surface area contributed by atoms with E-state index in [9.17, 15) is 9.59 Å². The molecule has 0 radical (unpaired) electrons. The van der Waals surface area contributed by atoms with E-state index >= 15 is 0 Å². The third kappa shape index (κ3) is 5.31. The van der Waals surface area contributed by atoms with Crippen LogP contribution in [0.15, 0.2) is 53.4 Å². The molecule has 24 heavy (non-hydrogen) atoms. The van der Waals surface area contributed by atoms with Gasteiger partial charge in [-0.1, -0.05) is 29.8 Å². The molecule has 0 spiro atoms. The van der Waals surface area contributed by atoms with Gasteiger partial charge < -0.3 is 15.8 Å². The second-order valence-electron chi connectivity index (χ2n) is 5.31. The molecule has 126 valence electrons. The van der Waals surface area contributed by atoms with Crippen LogP contribution in [0.4, 0.5) is 5.69 Å². The molecule has 0 aliphatic carbocycles. The lowest BCUT2D eigenvalue weighted by atomic mass is 10.2. The predicted octanol–water partition coefficient (Wildman–Crippen LogP) is 2.98. The van der Waals surface area contributed by atoms with E-state index in [-0.39, 0.29) is 11.7 Å². The number of carbonyl (C=O) groups excluding carboxylic acids is 2. The smallest absolute Gasteiger partial charge is 0.265 e. The first-order valence-corrected chi connectivity index (χ1v) is 8.48. The fourth-order valence-corrected chi connectivity index (χ4v) is 2.70. The number of hydrogen-bond donors (Lipinski definition) is 2. The average Bonchev–Trinajstić information content (AvgIpc) is 2.56.